The summed E-state index contributed by atoms with van der Waals surface area (Å²) in [6.45, 7) is 0. The van der Waals surface area contributed by atoms with Crippen molar-refractivity contribution in [3.8, 4) is 23.0 Å². The van der Waals surface area contributed by atoms with Gasteiger partial charge in [0, 0.05) is 0 Å². The van der Waals surface area contributed by atoms with Gasteiger partial charge in [-0.05, 0) is 115 Å². The lowest BCUT2D eigenvalue weighted by Gasteiger charge is -2.22. The predicted octanol–water partition coefficient (Wildman–Crippen LogP) is 10.3. The Morgan fingerprint density at radius 3 is 0.964 bits per heavy atom. The summed E-state index contributed by atoms with van der Waals surface area (Å²) in [6, 6.07) is 44.4. The third kappa shape index (κ3) is 8.95. The van der Waals surface area contributed by atoms with Crippen LogP contribution in [0.1, 0.15) is 84.7 Å². The van der Waals surface area contributed by atoms with E-state index in [9.17, 15) is 19.2 Å². The van der Waals surface area contributed by atoms with E-state index in [0.29, 0.717) is 33.4 Å². The Morgan fingerprint density at radius 2 is 0.636 bits per heavy atom. The molecule has 0 aliphatic heterocycles. The molecule has 7 rings (SSSR count). The van der Waals surface area contributed by atoms with Gasteiger partial charge in [0.25, 0.3) is 0 Å². The molecule has 1 saturated carbocycles. The summed E-state index contributed by atoms with van der Waals surface area (Å²) in [5.74, 6) is -2.24. The zero-order chi connectivity index (χ0) is 38.0. The van der Waals surface area contributed by atoms with E-state index < -0.39 is 23.9 Å². The molecule has 8 heteroatoms. The Labute approximate surface area is 318 Å². The molecule has 1 aliphatic rings. The van der Waals surface area contributed by atoms with Gasteiger partial charge in [-0.3, -0.25) is 0 Å². The highest BCUT2D eigenvalue weighted by molar-refractivity contribution is 5.95. The molecule has 8 nitrogen and oxygen atoms in total. The average molecular weight is 729 g/mol. The van der Waals surface area contributed by atoms with Gasteiger partial charge in [0.05, 0.1) is 22.3 Å². The van der Waals surface area contributed by atoms with Crippen molar-refractivity contribution in [1.82, 2.24) is 0 Å². The van der Waals surface area contributed by atoms with Gasteiger partial charge in [0.15, 0.2) is 23.0 Å². The Balaban J connectivity index is 1.31. The maximum atomic E-state index is 13.4. The standard InChI is InChI=1S/C47H36O8/c48-44(33-18-8-2-9-19-33)52-39-28-26-37(30-41(39)54-46(50)35-22-12-4-13-23-35)43(32-16-6-1-7-17-32)38-27-29-40(53-45(49)34-20-10-3-11-21-34)42(31-38)55-47(51)36-24-14-5-15-25-36/h2-5,8-15,18-31H,1,6-7,16-17H2. The van der Waals surface area contributed by atoms with Crippen LogP contribution in [0.15, 0.2) is 163 Å². The molecule has 6 aromatic carbocycles. The third-order valence-electron chi connectivity index (χ3n) is 9.12. The smallest absolute Gasteiger partial charge is 0.343 e. The van der Waals surface area contributed by atoms with Crippen molar-refractivity contribution >= 4 is 29.5 Å². The monoisotopic (exact) mass is 728 g/mol. The van der Waals surface area contributed by atoms with Gasteiger partial charge >= 0.3 is 23.9 Å². The van der Waals surface area contributed by atoms with E-state index in [0.717, 1.165) is 43.3 Å². The minimum absolute atomic E-state index is 0.0497. The summed E-state index contributed by atoms with van der Waals surface area (Å²) >= 11 is 0. The molecule has 1 aliphatic carbocycles. The second-order valence-corrected chi connectivity index (χ2v) is 12.9. The van der Waals surface area contributed by atoms with E-state index in [1.165, 1.54) is 0 Å². The number of hydrogen-bond acceptors (Lipinski definition) is 8. The summed E-state index contributed by atoms with van der Waals surface area (Å²) in [4.78, 5) is 53.2. The van der Waals surface area contributed by atoms with Crippen LogP contribution in [0, 0.1) is 0 Å². The zero-order valence-corrected chi connectivity index (χ0v) is 29.8. The van der Waals surface area contributed by atoms with Crippen LogP contribution in [0.2, 0.25) is 0 Å². The van der Waals surface area contributed by atoms with Crippen LogP contribution >= 0.6 is 0 Å². The molecule has 0 heterocycles. The first-order chi connectivity index (χ1) is 26.9. The van der Waals surface area contributed by atoms with Gasteiger partial charge in [-0.2, -0.15) is 0 Å². The van der Waals surface area contributed by atoms with Crippen LogP contribution in [0.4, 0.5) is 0 Å². The highest BCUT2D eigenvalue weighted by Gasteiger charge is 2.24. The minimum Gasteiger partial charge on any atom is -0.419 e. The van der Waals surface area contributed by atoms with E-state index in [1.54, 1.807) is 146 Å². The Bertz CT molecular complexity index is 2190. The Morgan fingerprint density at radius 1 is 0.327 bits per heavy atom. The normalized spacial score (nSPS) is 12.3. The van der Waals surface area contributed by atoms with Crippen molar-refractivity contribution in [2.24, 2.45) is 0 Å². The molecule has 0 atom stereocenters. The van der Waals surface area contributed by atoms with Crippen LogP contribution in [-0.4, -0.2) is 23.9 Å². The molecular weight excluding hydrogens is 693 g/mol. The molecule has 0 unspecified atom stereocenters. The molecule has 272 valence electrons. The first kappa shape index (κ1) is 36.3. The number of carbonyl (C=O) groups is 4. The van der Waals surface area contributed by atoms with Gasteiger partial charge in [-0.1, -0.05) is 96.9 Å². The van der Waals surface area contributed by atoms with Crippen LogP contribution in [-0.2, 0) is 0 Å². The maximum absolute atomic E-state index is 13.4. The highest BCUT2D eigenvalue weighted by atomic mass is 16.6. The predicted molar refractivity (Wildman–Crippen MR) is 208 cm³/mol. The van der Waals surface area contributed by atoms with Crippen LogP contribution < -0.4 is 18.9 Å². The average Bonchev–Trinajstić information content (AvgIpc) is 3.24. The van der Waals surface area contributed by atoms with Gasteiger partial charge in [-0.15, -0.1) is 0 Å². The molecular formula is C47H36O8. The molecule has 6 aromatic rings. The quantitative estimate of drug-likeness (QED) is 0.101. The maximum Gasteiger partial charge on any atom is 0.343 e. The molecule has 0 bridgehead atoms. The summed E-state index contributed by atoms with van der Waals surface area (Å²) < 4.78 is 23.5. The van der Waals surface area contributed by atoms with Crippen LogP contribution in [0.25, 0.3) is 5.57 Å². The second-order valence-electron chi connectivity index (χ2n) is 12.9. The molecule has 0 radical (unpaired) electrons. The van der Waals surface area contributed by atoms with Crippen molar-refractivity contribution in [3.63, 3.8) is 0 Å². The lowest BCUT2D eigenvalue weighted by atomic mass is 9.85. The molecule has 55 heavy (non-hydrogen) atoms. The fourth-order valence-electron chi connectivity index (χ4n) is 6.39. The second kappa shape index (κ2) is 17.2. The first-order valence-electron chi connectivity index (χ1n) is 18.0. The fourth-order valence-corrected chi connectivity index (χ4v) is 6.39. The van der Waals surface area contributed by atoms with Crippen LogP contribution in [0.5, 0.6) is 23.0 Å². The van der Waals surface area contributed by atoms with Gasteiger partial charge < -0.3 is 18.9 Å². The van der Waals surface area contributed by atoms with Gasteiger partial charge in [-0.25, -0.2) is 19.2 Å². The SMILES string of the molecule is O=C(Oc1ccc(C(=C2CCCCC2)c2ccc(OC(=O)c3ccccc3)c(OC(=O)c3ccccc3)c2)cc1OC(=O)c1ccccc1)c1ccccc1. The van der Waals surface area contributed by atoms with E-state index in [2.05, 4.69) is 0 Å². The van der Waals surface area contributed by atoms with Crippen LogP contribution in [0.3, 0.4) is 0 Å². The molecule has 0 spiro atoms. The summed E-state index contributed by atoms with van der Waals surface area (Å²) in [5.41, 5.74) is 4.66. The number of rotatable bonds is 10. The first-order valence-corrected chi connectivity index (χ1v) is 18.0. The van der Waals surface area contributed by atoms with Crippen molar-refractivity contribution < 1.29 is 38.1 Å². The lowest BCUT2D eigenvalue weighted by Crippen LogP contribution is -2.13. The van der Waals surface area contributed by atoms with Gasteiger partial charge in [0.2, 0.25) is 0 Å². The molecule has 1 fully saturated rings. The van der Waals surface area contributed by atoms with Crippen molar-refractivity contribution in [2.75, 3.05) is 0 Å². The minimum atomic E-state index is -0.624. The zero-order valence-electron chi connectivity index (χ0n) is 29.8. The Hall–Kier alpha value is -7.06. The van der Waals surface area contributed by atoms with E-state index in [-0.39, 0.29) is 23.0 Å². The molecule has 0 saturated heterocycles. The fraction of sp³-hybridized carbons (Fsp3) is 0.106. The lowest BCUT2D eigenvalue weighted by molar-refractivity contribution is 0.0682. The van der Waals surface area contributed by atoms with Gasteiger partial charge in [0.1, 0.15) is 0 Å². The summed E-state index contributed by atoms with van der Waals surface area (Å²) in [7, 11) is 0. The van der Waals surface area contributed by atoms with E-state index >= 15 is 0 Å². The van der Waals surface area contributed by atoms with Crippen molar-refractivity contribution in [2.45, 2.75) is 32.1 Å². The number of ether oxygens (including phenoxy) is 4. The molecule has 0 N–H and O–H groups in total. The number of benzene rings is 6. The number of allylic oxidation sites excluding steroid dienone is 1. The highest BCUT2D eigenvalue weighted by Crippen LogP contribution is 2.42. The third-order valence-corrected chi connectivity index (χ3v) is 9.12. The number of carbonyl (C=O) groups excluding carboxylic acids is 4. The summed E-state index contributed by atoms with van der Waals surface area (Å²) in [5, 5.41) is 0. The van der Waals surface area contributed by atoms with E-state index in [4.69, 9.17) is 18.9 Å². The number of hydrogen-bond donors (Lipinski definition) is 0. The van der Waals surface area contributed by atoms with Crippen molar-refractivity contribution in [3.05, 3.63) is 197 Å². The topological polar surface area (TPSA) is 105 Å². The van der Waals surface area contributed by atoms with Crippen molar-refractivity contribution in [1.29, 1.82) is 0 Å². The summed E-state index contributed by atoms with van der Waals surface area (Å²) in [6.07, 6.45) is 4.65. The largest absolute Gasteiger partial charge is 0.419 e. The Kier molecular flexibility index (Phi) is 11.3. The van der Waals surface area contributed by atoms with E-state index in [1.807, 2.05) is 12.1 Å². The molecule has 0 amide bonds. The number of esters is 4. The molecule has 0 aromatic heterocycles.